The standard InChI is InChI=1S/C12H19N3O2S/c1-2-17-12(16)10-11(13)15(8-14-10)7-9-5-3-4-6-18-9/h8-9H,2-7,13H2,1H3. The molecule has 2 N–H and O–H groups in total. The van der Waals surface area contributed by atoms with E-state index in [2.05, 4.69) is 4.98 Å². The van der Waals surface area contributed by atoms with Crippen molar-refractivity contribution in [2.45, 2.75) is 38.0 Å². The molecule has 5 nitrogen and oxygen atoms in total. The van der Waals surface area contributed by atoms with Gasteiger partial charge in [0.1, 0.15) is 5.82 Å². The molecule has 1 aliphatic rings. The second kappa shape index (κ2) is 6.13. The Kier molecular flexibility index (Phi) is 4.52. The van der Waals surface area contributed by atoms with Crippen LogP contribution in [0.15, 0.2) is 6.33 Å². The van der Waals surface area contributed by atoms with E-state index < -0.39 is 5.97 Å². The van der Waals surface area contributed by atoms with Gasteiger partial charge in [-0.15, -0.1) is 0 Å². The van der Waals surface area contributed by atoms with Crippen molar-refractivity contribution in [1.82, 2.24) is 9.55 Å². The predicted octanol–water partition coefficient (Wildman–Crippen LogP) is 1.93. The minimum Gasteiger partial charge on any atom is -0.461 e. The average Bonchev–Trinajstić information content (AvgIpc) is 2.73. The molecule has 2 rings (SSSR count). The number of ether oxygens (including phenoxy) is 1. The number of imidazole rings is 1. The first-order valence-electron chi connectivity index (χ1n) is 6.31. The highest BCUT2D eigenvalue weighted by atomic mass is 32.2. The van der Waals surface area contributed by atoms with Gasteiger partial charge in [-0.05, 0) is 25.5 Å². The summed E-state index contributed by atoms with van der Waals surface area (Å²) in [4.78, 5) is 15.6. The number of anilines is 1. The van der Waals surface area contributed by atoms with Crippen LogP contribution in [-0.4, -0.2) is 33.1 Å². The van der Waals surface area contributed by atoms with E-state index in [0.29, 0.717) is 17.7 Å². The molecule has 0 spiro atoms. The van der Waals surface area contributed by atoms with Crippen molar-refractivity contribution in [3.63, 3.8) is 0 Å². The molecule has 1 atom stereocenters. The van der Waals surface area contributed by atoms with E-state index in [-0.39, 0.29) is 5.69 Å². The normalized spacial score (nSPS) is 19.7. The molecule has 0 bridgehead atoms. The summed E-state index contributed by atoms with van der Waals surface area (Å²) in [5.74, 6) is 1.19. The summed E-state index contributed by atoms with van der Waals surface area (Å²) < 4.78 is 6.77. The predicted molar refractivity (Wildman–Crippen MR) is 72.7 cm³/mol. The number of rotatable bonds is 4. The lowest BCUT2D eigenvalue weighted by molar-refractivity contribution is 0.0521. The smallest absolute Gasteiger partial charge is 0.360 e. The largest absolute Gasteiger partial charge is 0.461 e. The Hall–Kier alpha value is -1.17. The van der Waals surface area contributed by atoms with Crippen LogP contribution in [0.4, 0.5) is 5.82 Å². The van der Waals surface area contributed by atoms with Crippen LogP contribution >= 0.6 is 11.8 Å². The topological polar surface area (TPSA) is 70.1 Å². The van der Waals surface area contributed by atoms with Gasteiger partial charge in [-0.25, -0.2) is 9.78 Å². The Bertz CT molecular complexity index is 413. The Morgan fingerprint density at radius 1 is 1.67 bits per heavy atom. The molecule has 1 unspecified atom stereocenters. The van der Waals surface area contributed by atoms with Gasteiger partial charge in [0.2, 0.25) is 0 Å². The number of thioether (sulfide) groups is 1. The third-order valence-electron chi connectivity index (χ3n) is 3.02. The lowest BCUT2D eigenvalue weighted by Gasteiger charge is -2.21. The number of hydrogen-bond acceptors (Lipinski definition) is 5. The first kappa shape index (κ1) is 13.3. The fourth-order valence-electron chi connectivity index (χ4n) is 2.06. The summed E-state index contributed by atoms with van der Waals surface area (Å²) >= 11 is 1.97. The second-order valence-corrected chi connectivity index (χ2v) is 5.75. The highest BCUT2D eigenvalue weighted by Crippen LogP contribution is 2.27. The molecule has 100 valence electrons. The Labute approximate surface area is 111 Å². The van der Waals surface area contributed by atoms with Gasteiger partial charge in [-0.3, -0.25) is 0 Å². The summed E-state index contributed by atoms with van der Waals surface area (Å²) in [5.41, 5.74) is 6.18. The molecule has 1 aliphatic heterocycles. The van der Waals surface area contributed by atoms with Gasteiger partial charge < -0.3 is 15.0 Å². The highest BCUT2D eigenvalue weighted by Gasteiger charge is 2.20. The number of esters is 1. The Balaban J connectivity index is 2.03. The van der Waals surface area contributed by atoms with Crippen molar-refractivity contribution < 1.29 is 9.53 Å². The molecule has 0 amide bonds. The molecule has 0 aliphatic carbocycles. The molecule has 0 radical (unpaired) electrons. The fourth-order valence-corrected chi connectivity index (χ4v) is 3.37. The maximum Gasteiger partial charge on any atom is 0.360 e. The van der Waals surface area contributed by atoms with Crippen LogP contribution in [0.1, 0.15) is 36.7 Å². The molecule has 1 aromatic rings. The van der Waals surface area contributed by atoms with Crippen LogP contribution in [0, 0.1) is 0 Å². The zero-order valence-electron chi connectivity index (χ0n) is 10.6. The molecule has 1 saturated heterocycles. The van der Waals surface area contributed by atoms with Crippen molar-refractivity contribution in [3.8, 4) is 0 Å². The lowest BCUT2D eigenvalue weighted by atomic mass is 10.2. The van der Waals surface area contributed by atoms with E-state index >= 15 is 0 Å². The highest BCUT2D eigenvalue weighted by molar-refractivity contribution is 7.99. The van der Waals surface area contributed by atoms with Crippen LogP contribution in [0.2, 0.25) is 0 Å². The van der Waals surface area contributed by atoms with E-state index in [1.807, 2.05) is 16.3 Å². The first-order valence-corrected chi connectivity index (χ1v) is 7.36. The first-order chi connectivity index (χ1) is 8.72. The summed E-state index contributed by atoms with van der Waals surface area (Å²) in [6.45, 7) is 2.93. The third kappa shape index (κ3) is 2.98. The SMILES string of the molecule is CCOC(=O)c1ncn(CC2CCCCS2)c1N. The number of nitrogen functional groups attached to an aromatic ring is 1. The summed E-state index contributed by atoms with van der Waals surface area (Å²) in [6.07, 6.45) is 5.42. The number of carbonyl (C=O) groups is 1. The maximum atomic E-state index is 11.6. The summed E-state index contributed by atoms with van der Waals surface area (Å²) in [7, 11) is 0. The minimum atomic E-state index is -0.440. The minimum absolute atomic E-state index is 0.234. The van der Waals surface area contributed by atoms with Gasteiger partial charge in [0.25, 0.3) is 0 Å². The van der Waals surface area contributed by atoms with Crippen molar-refractivity contribution in [1.29, 1.82) is 0 Å². The molecule has 6 heteroatoms. The average molecular weight is 269 g/mol. The van der Waals surface area contributed by atoms with Crippen LogP contribution in [0.5, 0.6) is 0 Å². The number of aromatic nitrogens is 2. The van der Waals surface area contributed by atoms with Crippen molar-refractivity contribution in [3.05, 3.63) is 12.0 Å². The molecular weight excluding hydrogens is 250 g/mol. The maximum absolute atomic E-state index is 11.6. The Morgan fingerprint density at radius 3 is 3.17 bits per heavy atom. The van der Waals surface area contributed by atoms with E-state index in [9.17, 15) is 4.79 Å². The molecule has 1 fully saturated rings. The molecule has 18 heavy (non-hydrogen) atoms. The van der Waals surface area contributed by atoms with Gasteiger partial charge in [0.15, 0.2) is 5.69 Å². The summed E-state index contributed by atoms with van der Waals surface area (Å²) in [5, 5.41) is 0.574. The number of hydrogen-bond donors (Lipinski definition) is 1. The third-order valence-corrected chi connectivity index (χ3v) is 4.40. The van der Waals surface area contributed by atoms with E-state index in [0.717, 1.165) is 6.54 Å². The molecule has 1 aromatic heterocycles. The summed E-state index contributed by atoms with van der Waals surface area (Å²) in [6, 6.07) is 0. The van der Waals surface area contributed by atoms with Gasteiger partial charge >= 0.3 is 5.97 Å². The molecule has 2 heterocycles. The van der Waals surface area contributed by atoms with Crippen molar-refractivity contribution in [2.75, 3.05) is 18.1 Å². The van der Waals surface area contributed by atoms with Crippen molar-refractivity contribution in [2.24, 2.45) is 0 Å². The number of carbonyl (C=O) groups excluding carboxylic acids is 1. The van der Waals surface area contributed by atoms with Gasteiger partial charge in [0, 0.05) is 11.8 Å². The zero-order chi connectivity index (χ0) is 13.0. The molecular formula is C12H19N3O2S. The fraction of sp³-hybridized carbons (Fsp3) is 0.667. The van der Waals surface area contributed by atoms with Gasteiger partial charge in [-0.2, -0.15) is 11.8 Å². The molecule has 0 aromatic carbocycles. The van der Waals surface area contributed by atoms with Gasteiger partial charge in [0.05, 0.1) is 12.9 Å². The monoisotopic (exact) mass is 269 g/mol. The lowest BCUT2D eigenvalue weighted by Crippen LogP contribution is -2.18. The number of nitrogens with zero attached hydrogens (tertiary/aromatic N) is 2. The second-order valence-electron chi connectivity index (χ2n) is 4.34. The Morgan fingerprint density at radius 2 is 2.50 bits per heavy atom. The quantitative estimate of drug-likeness (QED) is 0.846. The van der Waals surface area contributed by atoms with Crippen LogP contribution in [0.25, 0.3) is 0 Å². The van der Waals surface area contributed by atoms with Crippen LogP contribution in [0.3, 0.4) is 0 Å². The van der Waals surface area contributed by atoms with E-state index in [4.69, 9.17) is 10.5 Å². The molecule has 0 saturated carbocycles. The number of nitrogens with two attached hydrogens (primary N) is 1. The van der Waals surface area contributed by atoms with Crippen molar-refractivity contribution >= 4 is 23.5 Å². The van der Waals surface area contributed by atoms with Gasteiger partial charge in [-0.1, -0.05) is 6.42 Å². The van der Waals surface area contributed by atoms with Crippen LogP contribution < -0.4 is 5.73 Å². The van der Waals surface area contributed by atoms with Crippen LogP contribution in [-0.2, 0) is 11.3 Å². The van der Waals surface area contributed by atoms with E-state index in [1.54, 1.807) is 13.3 Å². The van der Waals surface area contributed by atoms with E-state index in [1.165, 1.54) is 25.0 Å². The zero-order valence-corrected chi connectivity index (χ0v) is 11.4.